The molecule has 0 amide bonds. The van der Waals surface area contributed by atoms with Crippen molar-refractivity contribution in [3.8, 4) is 5.75 Å². The van der Waals surface area contributed by atoms with E-state index in [9.17, 15) is 4.79 Å². The molecule has 1 aromatic carbocycles. The van der Waals surface area contributed by atoms with Crippen LogP contribution in [0.4, 0.5) is 5.69 Å². The van der Waals surface area contributed by atoms with Gasteiger partial charge in [0.25, 0.3) is 0 Å². The molecule has 0 bridgehead atoms. The normalized spacial score (nSPS) is 12.9. The van der Waals surface area contributed by atoms with E-state index in [2.05, 4.69) is 5.32 Å². The van der Waals surface area contributed by atoms with Crippen molar-refractivity contribution >= 4 is 11.7 Å². The van der Waals surface area contributed by atoms with Crippen molar-refractivity contribution < 1.29 is 14.6 Å². The first-order valence-corrected chi connectivity index (χ1v) is 5.95. The van der Waals surface area contributed by atoms with Gasteiger partial charge in [-0.2, -0.15) is 0 Å². The highest BCUT2D eigenvalue weighted by molar-refractivity contribution is 5.68. The molecule has 0 radical (unpaired) electrons. The van der Waals surface area contributed by atoms with Crippen molar-refractivity contribution in [1.29, 1.82) is 0 Å². The Hall–Kier alpha value is -1.71. The van der Waals surface area contributed by atoms with E-state index in [1.165, 1.54) is 0 Å². The van der Waals surface area contributed by atoms with Gasteiger partial charge in [0.1, 0.15) is 5.75 Å². The van der Waals surface area contributed by atoms with E-state index < -0.39 is 5.97 Å². The Balaban J connectivity index is 2.79. The topological polar surface area (TPSA) is 58.6 Å². The van der Waals surface area contributed by atoms with E-state index in [1.807, 2.05) is 45.0 Å². The number of carboxylic acid groups (broad SMARTS) is 1. The zero-order valence-electron chi connectivity index (χ0n) is 11.4. The summed E-state index contributed by atoms with van der Waals surface area (Å²) < 4.78 is 5.08. The SMILES string of the molecule is COc1ccc(NC(CC(=O)O)C(C)(C)C)cc1. The molecule has 1 rings (SSSR count). The third-order valence-electron chi connectivity index (χ3n) is 2.86. The van der Waals surface area contributed by atoms with Crippen LogP contribution >= 0.6 is 0 Å². The van der Waals surface area contributed by atoms with E-state index in [-0.39, 0.29) is 17.9 Å². The zero-order chi connectivity index (χ0) is 13.8. The molecule has 100 valence electrons. The number of anilines is 1. The maximum absolute atomic E-state index is 10.9. The van der Waals surface area contributed by atoms with Crippen molar-refractivity contribution in [2.45, 2.75) is 33.2 Å². The molecule has 0 heterocycles. The Labute approximate surface area is 108 Å². The minimum atomic E-state index is -0.795. The molecule has 4 heteroatoms. The second-order valence-corrected chi connectivity index (χ2v) is 5.39. The minimum Gasteiger partial charge on any atom is -0.497 e. The highest BCUT2D eigenvalue weighted by Gasteiger charge is 2.26. The molecule has 1 unspecified atom stereocenters. The van der Waals surface area contributed by atoms with Gasteiger partial charge >= 0.3 is 5.97 Å². The predicted molar refractivity (Wildman–Crippen MR) is 72.1 cm³/mol. The molecule has 2 N–H and O–H groups in total. The fraction of sp³-hybridized carbons (Fsp3) is 0.500. The number of rotatable bonds is 5. The Morgan fingerprint density at radius 3 is 2.28 bits per heavy atom. The quantitative estimate of drug-likeness (QED) is 0.844. The second-order valence-electron chi connectivity index (χ2n) is 5.39. The van der Waals surface area contributed by atoms with Crippen molar-refractivity contribution in [2.24, 2.45) is 5.41 Å². The summed E-state index contributed by atoms with van der Waals surface area (Å²) in [5.74, 6) is -0.0120. The monoisotopic (exact) mass is 251 g/mol. The van der Waals surface area contributed by atoms with Crippen LogP contribution in [-0.4, -0.2) is 24.2 Å². The van der Waals surface area contributed by atoms with Crippen LogP contribution in [0.1, 0.15) is 27.2 Å². The maximum Gasteiger partial charge on any atom is 0.305 e. The summed E-state index contributed by atoms with van der Waals surface area (Å²) in [6.45, 7) is 6.07. The van der Waals surface area contributed by atoms with Crippen LogP contribution in [-0.2, 0) is 4.79 Å². The van der Waals surface area contributed by atoms with Gasteiger partial charge in [-0.05, 0) is 29.7 Å². The van der Waals surface area contributed by atoms with Crippen LogP contribution < -0.4 is 10.1 Å². The van der Waals surface area contributed by atoms with Crippen molar-refractivity contribution in [1.82, 2.24) is 0 Å². The van der Waals surface area contributed by atoms with Gasteiger partial charge in [0.2, 0.25) is 0 Å². The number of benzene rings is 1. The number of nitrogens with one attached hydrogen (secondary N) is 1. The van der Waals surface area contributed by atoms with E-state index in [0.717, 1.165) is 11.4 Å². The predicted octanol–water partition coefficient (Wildman–Crippen LogP) is 3.00. The summed E-state index contributed by atoms with van der Waals surface area (Å²) in [7, 11) is 1.62. The van der Waals surface area contributed by atoms with Crippen molar-refractivity contribution in [3.05, 3.63) is 24.3 Å². The molecular formula is C14H21NO3. The smallest absolute Gasteiger partial charge is 0.305 e. The summed E-state index contributed by atoms with van der Waals surface area (Å²) in [4.78, 5) is 10.9. The first-order valence-electron chi connectivity index (χ1n) is 5.95. The van der Waals surface area contributed by atoms with E-state index in [0.29, 0.717) is 0 Å². The molecule has 0 saturated carbocycles. The summed E-state index contributed by atoms with van der Waals surface area (Å²) in [6, 6.07) is 7.35. The number of carboxylic acids is 1. The molecule has 18 heavy (non-hydrogen) atoms. The molecule has 0 saturated heterocycles. The highest BCUT2D eigenvalue weighted by Crippen LogP contribution is 2.26. The maximum atomic E-state index is 10.9. The van der Waals surface area contributed by atoms with Crippen LogP contribution in [0, 0.1) is 5.41 Å². The third-order valence-corrected chi connectivity index (χ3v) is 2.86. The van der Waals surface area contributed by atoms with Gasteiger partial charge in [-0.1, -0.05) is 20.8 Å². The summed E-state index contributed by atoms with van der Waals surface area (Å²) in [6.07, 6.45) is 0.0928. The van der Waals surface area contributed by atoms with Gasteiger partial charge in [0.05, 0.1) is 13.5 Å². The van der Waals surface area contributed by atoms with Gasteiger partial charge in [0, 0.05) is 11.7 Å². The van der Waals surface area contributed by atoms with Crippen LogP contribution in [0.25, 0.3) is 0 Å². The van der Waals surface area contributed by atoms with E-state index in [1.54, 1.807) is 7.11 Å². The highest BCUT2D eigenvalue weighted by atomic mass is 16.5. The van der Waals surface area contributed by atoms with Crippen LogP contribution in [0.15, 0.2) is 24.3 Å². The molecule has 1 atom stereocenters. The molecule has 0 aliphatic heterocycles. The standard InChI is InChI=1S/C14H21NO3/c1-14(2,3)12(9-13(16)17)15-10-5-7-11(18-4)8-6-10/h5-8,12,15H,9H2,1-4H3,(H,16,17). The van der Waals surface area contributed by atoms with Gasteiger partial charge < -0.3 is 15.2 Å². The lowest BCUT2D eigenvalue weighted by molar-refractivity contribution is -0.137. The van der Waals surface area contributed by atoms with Crippen LogP contribution in [0.3, 0.4) is 0 Å². The number of hydrogen-bond donors (Lipinski definition) is 2. The Kier molecular flexibility index (Phi) is 4.59. The number of hydrogen-bond acceptors (Lipinski definition) is 3. The van der Waals surface area contributed by atoms with E-state index >= 15 is 0 Å². The number of carbonyl (C=O) groups is 1. The molecule has 0 aromatic heterocycles. The molecule has 1 aromatic rings. The average Bonchev–Trinajstić information content (AvgIpc) is 2.27. The lowest BCUT2D eigenvalue weighted by atomic mass is 9.84. The number of aliphatic carboxylic acids is 1. The number of ether oxygens (including phenoxy) is 1. The van der Waals surface area contributed by atoms with Crippen LogP contribution in [0.2, 0.25) is 0 Å². The van der Waals surface area contributed by atoms with Gasteiger partial charge in [-0.25, -0.2) is 0 Å². The van der Waals surface area contributed by atoms with Crippen molar-refractivity contribution in [2.75, 3.05) is 12.4 Å². The fourth-order valence-electron chi connectivity index (χ4n) is 1.64. The van der Waals surface area contributed by atoms with Gasteiger partial charge in [-0.3, -0.25) is 4.79 Å². The summed E-state index contributed by atoms with van der Waals surface area (Å²) in [5.41, 5.74) is 0.773. The summed E-state index contributed by atoms with van der Waals surface area (Å²) in [5, 5.41) is 12.2. The lowest BCUT2D eigenvalue weighted by Crippen LogP contribution is -2.36. The third kappa shape index (κ3) is 4.28. The molecule has 0 aliphatic rings. The molecule has 4 nitrogen and oxygen atoms in total. The molecule has 0 aliphatic carbocycles. The first-order chi connectivity index (χ1) is 8.32. The fourth-order valence-corrected chi connectivity index (χ4v) is 1.64. The molecular weight excluding hydrogens is 230 g/mol. The van der Waals surface area contributed by atoms with Crippen LogP contribution in [0.5, 0.6) is 5.75 Å². The first kappa shape index (κ1) is 14.4. The second kappa shape index (κ2) is 5.76. The van der Waals surface area contributed by atoms with Gasteiger partial charge in [0.15, 0.2) is 0 Å². The van der Waals surface area contributed by atoms with Crippen molar-refractivity contribution in [3.63, 3.8) is 0 Å². The Morgan fingerprint density at radius 2 is 1.89 bits per heavy atom. The Morgan fingerprint density at radius 1 is 1.33 bits per heavy atom. The minimum absolute atomic E-state index is 0.0928. The van der Waals surface area contributed by atoms with Gasteiger partial charge in [-0.15, -0.1) is 0 Å². The Bertz CT molecular complexity index is 392. The zero-order valence-corrected chi connectivity index (χ0v) is 11.4. The lowest BCUT2D eigenvalue weighted by Gasteiger charge is -2.31. The largest absolute Gasteiger partial charge is 0.497 e. The number of methoxy groups -OCH3 is 1. The summed E-state index contributed by atoms with van der Waals surface area (Å²) >= 11 is 0. The average molecular weight is 251 g/mol. The molecule has 0 spiro atoms. The van der Waals surface area contributed by atoms with E-state index in [4.69, 9.17) is 9.84 Å². The molecule has 0 fully saturated rings.